The molecule has 5 nitrogen and oxygen atoms in total. The number of alkyl halides is 3. The van der Waals surface area contributed by atoms with E-state index in [0.29, 0.717) is 11.3 Å². The number of benzene rings is 1. The first-order chi connectivity index (χ1) is 15.8. The number of ether oxygens (including phenoxy) is 1. The highest BCUT2D eigenvalue weighted by atomic mass is 19.4. The standard InChI is InChI=1S/C25H26F3N3O2/c1-16-7-6-8-17(11-16)22-12-20(25(26,27)28)19(13-29)24(32)31(22)14-18-15-33-23-10-5-3-2-4-9-21(23)30-18/h6-8,11-12,15,21,23,30H,2-5,9-10,14H2,1H3. The molecule has 0 radical (unpaired) electrons. The van der Waals surface area contributed by atoms with E-state index in [4.69, 9.17) is 4.74 Å². The maximum atomic E-state index is 13.7. The highest BCUT2D eigenvalue weighted by molar-refractivity contribution is 5.63. The van der Waals surface area contributed by atoms with Gasteiger partial charge in [-0.25, -0.2) is 0 Å². The van der Waals surface area contributed by atoms with Gasteiger partial charge in [0.2, 0.25) is 0 Å². The molecule has 1 aromatic carbocycles. The monoisotopic (exact) mass is 457 g/mol. The predicted octanol–water partition coefficient (Wildman–Crippen LogP) is 5.27. The minimum absolute atomic E-state index is 0.0157. The lowest BCUT2D eigenvalue weighted by molar-refractivity contribution is -0.137. The SMILES string of the molecule is Cc1cccc(-c2cc(C(F)(F)F)c(C#N)c(=O)n2CC2=COC3CCCCCCC3N2)c1. The summed E-state index contributed by atoms with van der Waals surface area (Å²) in [5, 5.41) is 12.8. The van der Waals surface area contributed by atoms with E-state index in [2.05, 4.69) is 5.32 Å². The fraction of sp³-hybridized carbons (Fsp3) is 0.440. The van der Waals surface area contributed by atoms with Gasteiger partial charge in [0.1, 0.15) is 24.0 Å². The van der Waals surface area contributed by atoms with Crippen molar-refractivity contribution in [2.45, 2.75) is 70.3 Å². The van der Waals surface area contributed by atoms with Crippen LogP contribution in [0.2, 0.25) is 0 Å². The van der Waals surface area contributed by atoms with Gasteiger partial charge in [-0.05, 0) is 43.9 Å². The highest BCUT2D eigenvalue weighted by Gasteiger charge is 2.37. The Morgan fingerprint density at radius 2 is 1.94 bits per heavy atom. The first-order valence-corrected chi connectivity index (χ1v) is 11.2. The maximum Gasteiger partial charge on any atom is 0.417 e. The van der Waals surface area contributed by atoms with Crippen molar-refractivity contribution in [1.82, 2.24) is 9.88 Å². The molecule has 1 aliphatic carbocycles. The first kappa shape index (κ1) is 23.0. The number of halogens is 3. The molecule has 2 aliphatic rings. The van der Waals surface area contributed by atoms with Gasteiger partial charge in [0.05, 0.1) is 29.5 Å². The molecule has 33 heavy (non-hydrogen) atoms. The van der Waals surface area contributed by atoms with E-state index in [0.717, 1.165) is 43.7 Å². The molecule has 2 heterocycles. The van der Waals surface area contributed by atoms with E-state index >= 15 is 0 Å². The van der Waals surface area contributed by atoms with Gasteiger partial charge < -0.3 is 14.6 Å². The van der Waals surface area contributed by atoms with Gasteiger partial charge in [-0.2, -0.15) is 18.4 Å². The number of nitrogens with zero attached hydrogens (tertiary/aromatic N) is 2. The Kier molecular flexibility index (Phi) is 6.50. The third kappa shape index (κ3) is 4.92. The molecule has 1 fully saturated rings. The van der Waals surface area contributed by atoms with Crippen LogP contribution < -0.4 is 10.9 Å². The van der Waals surface area contributed by atoms with Crippen LogP contribution in [0.4, 0.5) is 13.2 Å². The lowest BCUT2D eigenvalue weighted by Crippen LogP contribution is -2.45. The topological polar surface area (TPSA) is 67.0 Å². The number of nitriles is 1. The van der Waals surface area contributed by atoms with Gasteiger partial charge >= 0.3 is 6.18 Å². The number of aromatic nitrogens is 1. The second-order valence-corrected chi connectivity index (χ2v) is 8.75. The molecular weight excluding hydrogens is 431 g/mol. The number of pyridine rings is 1. The highest BCUT2D eigenvalue weighted by Crippen LogP contribution is 2.34. The van der Waals surface area contributed by atoms with Crippen LogP contribution in [0.5, 0.6) is 0 Å². The van der Waals surface area contributed by atoms with Gasteiger partial charge in [0.15, 0.2) is 0 Å². The summed E-state index contributed by atoms with van der Waals surface area (Å²) >= 11 is 0. The Labute approximate surface area is 190 Å². The molecule has 1 N–H and O–H groups in total. The molecule has 0 saturated heterocycles. The van der Waals surface area contributed by atoms with E-state index < -0.39 is 22.9 Å². The largest absolute Gasteiger partial charge is 0.494 e. The third-order valence-electron chi connectivity index (χ3n) is 6.32. The van der Waals surface area contributed by atoms with Crippen LogP contribution in [0.1, 0.15) is 55.2 Å². The minimum atomic E-state index is -4.82. The molecule has 0 bridgehead atoms. The lowest BCUT2D eigenvalue weighted by Gasteiger charge is -2.35. The normalized spacial score (nSPS) is 20.9. The molecule has 0 spiro atoms. The molecular formula is C25H26F3N3O2. The van der Waals surface area contributed by atoms with Crippen LogP contribution in [0.15, 0.2) is 47.1 Å². The van der Waals surface area contributed by atoms with Gasteiger partial charge in [-0.3, -0.25) is 4.79 Å². The van der Waals surface area contributed by atoms with Crippen LogP contribution in [0.25, 0.3) is 11.3 Å². The summed E-state index contributed by atoms with van der Waals surface area (Å²) in [6.07, 6.45) is 3.16. The quantitative estimate of drug-likeness (QED) is 0.682. The molecule has 8 heteroatoms. The molecule has 1 saturated carbocycles. The second-order valence-electron chi connectivity index (χ2n) is 8.75. The van der Waals surface area contributed by atoms with Crippen molar-refractivity contribution in [3.05, 3.63) is 69.3 Å². The van der Waals surface area contributed by atoms with Gasteiger partial charge in [0.25, 0.3) is 5.56 Å². The summed E-state index contributed by atoms with van der Waals surface area (Å²) in [5.74, 6) is 0. The lowest BCUT2D eigenvalue weighted by atomic mass is 9.93. The summed E-state index contributed by atoms with van der Waals surface area (Å²) in [6, 6.07) is 9.41. The number of hydrogen-bond donors (Lipinski definition) is 1. The summed E-state index contributed by atoms with van der Waals surface area (Å²) in [6.45, 7) is 1.81. The number of hydrogen-bond acceptors (Lipinski definition) is 4. The molecule has 2 unspecified atom stereocenters. The number of aryl methyl sites for hydroxylation is 1. The van der Waals surface area contributed by atoms with Crippen LogP contribution in [0, 0.1) is 18.3 Å². The van der Waals surface area contributed by atoms with E-state index in [1.807, 2.05) is 13.0 Å². The number of nitrogens with one attached hydrogen (secondary N) is 1. The van der Waals surface area contributed by atoms with E-state index in [1.165, 1.54) is 17.1 Å². The van der Waals surface area contributed by atoms with Gasteiger partial charge in [0, 0.05) is 0 Å². The zero-order valence-corrected chi connectivity index (χ0v) is 18.4. The van der Waals surface area contributed by atoms with Crippen LogP contribution >= 0.6 is 0 Å². The molecule has 2 aromatic rings. The molecule has 2 atom stereocenters. The average Bonchev–Trinajstić information content (AvgIpc) is 2.75. The van der Waals surface area contributed by atoms with Crippen molar-refractivity contribution in [3.63, 3.8) is 0 Å². The first-order valence-electron chi connectivity index (χ1n) is 11.2. The van der Waals surface area contributed by atoms with E-state index in [9.17, 15) is 23.2 Å². The minimum Gasteiger partial charge on any atom is -0.494 e. The Morgan fingerprint density at radius 3 is 2.64 bits per heavy atom. The van der Waals surface area contributed by atoms with Crippen molar-refractivity contribution in [2.75, 3.05) is 0 Å². The van der Waals surface area contributed by atoms with Gasteiger partial charge in [-0.1, -0.05) is 43.0 Å². The Hall–Kier alpha value is -3.21. The molecule has 0 amide bonds. The van der Waals surface area contributed by atoms with Crippen LogP contribution in [-0.2, 0) is 17.5 Å². The maximum absolute atomic E-state index is 13.7. The number of fused-ring (bicyclic) bond motifs is 1. The second kappa shape index (κ2) is 9.34. The molecule has 1 aromatic heterocycles. The average molecular weight is 457 g/mol. The van der Waals surface area contributed by atoms with Crippen molar-refractivity contribution < 1.29 is 17.9 Å². The Balaban J connectivity index is 1.79. The number of allylic oxidation sites excluding steroid dienone is 1. The summed E-state index contributed by atoms with van der Waals surface area (Å²) in [5.41, 5.74) is -1.05. The fourth-order valence-electron chi connectivity index (χ4n) is 4.65. The number of rotatable bonds is 3. The zero-order valence-electron chi connectivity index (χ0n) is 18.4. The molecule has 1 aliphatic heterocycles. The summed E-state index contributed by atoms with van der Waals surface area (Å²) in [7, 11) is 0. The van der Waals surface area contributed by atoms with E-state index in [-0.39, 0.29) is 24.4 Å². The summed E-state index contributed by atoms with van der Waals surface area (Å²) in [4.78, 5) is 13.1. The smallest absolute Gasteiger partial charge is 0.417 e. The van der Waals surface area contributed by atoms with Crippen molar-refractivity contribution in [3.8, 4) is 17.3 Å². The Bertz CT molecular complexity index is 1160. The zero-order chi connectivity index (χ0) is 23.6. The third-order valence-corrected chi connectivity index (χ3v) is 6.32. The fourth-order valence-corrected chi connectivity index (χ4v) is 4.65. The van der Waals surface area contributed by atoms with Crippen LogP contribution in [0.3, 0.4) is 0 Å². The van der Waals surface area contributed by atoms with Crippen molar-refractivity contribution in [2.24, 2.45) is 0 Å². The van der Waals surface area contributed by atoms with Crippen LogP contribution in [-0.4, -0.2) is 16.7 Å². The van der Waals surface area contributed by atoms with Crippen molar-refractivity contribution in [1.29, 1.82) is 5.26 Å². The summed E-state index contributed by atoms with van der Waals surface area (Å²) < 4.78 is 48.3. The van der Waals surface area contributed by atoms with Crippen molar-refractivity contribution >= 4 is 0 Å². The Morgan fingerprint density at radius 1 is 1.18 bits per heavy atom. The van der Waals surface area contributed by atoms with Gasteiger partial charge in [-0.15, -0.1) is 0 Å². The molecule has 174 valence electrons. The van der Waals surface area contributed by atoms with E-state index in [1.54, 1.807) is 24.5 Å². The predicted molar refractivity (Wildman–Crippen MR) is 118 cm³/mol. The molecule has 4 rings (SSSR count).